The lowest BCUT2D eigenvalue weighted by Crippen LogP contribution is -2.38. The maximum absolute atomic E-state index is 13.4. The summed E-state index contributed by atoms with van der Waals surface area (Å²) >= 11 is 0. The molecule has 1 atom stereocenters. The van der Waals surface area contributed by atoms with Crippen LogP contribution in [-0.2, 0) is 19.1 Å². The molecule has 0 radical (unpaired) electrons. The molecule has 220 valence electrons. The lowest BCUT2D eigenvalue weighted by atomic mass is 9.94. The average Bonchev–Trinajstić information content (AvgIpc) is 3.21. The van der Waals surface area contributed by atoms with Crippen molar-refractivity contribution in [3.05, 3.63) is 64.7 Å². The number of aliphatic hydroxyl groups excluding tert-OH is 1. The molecule has 2 aliphatic heterocycles. The second kappa shape index (κ2) is 13.6. The van der Waals surface area contributed by atoms with E-state index in [0.29, 0.717) is 61.3 Å². The second-order valence-electron chi connectivity index (χ2n) is 10.8. The maximum Gasteiger partial charge on any atom is 0.295 e. The number of rotatable bonds is 12. The second-order valence-corrected chi connectivity index (χ2v) is 10.8. The van der Waals surface area contributed by atoms with Crippen molar-refractivity contribution in [1.82, 2.24) is 9.80 Å². The Kier molecular flexibility index (Phi) is 10.0. The van der Waals surface area contributed by atoms with E-state index in [2.05, 4.69) is 18.7 Å². The van der Waals surface area contributed by atoms with Gasteiger partial charge in [0.15, 0.2) is 6.61 Å². The number of carbonyl (C=O) groups is 3. The number of hydrogen-bond acceptors (Lipinski definition) is 8. The maximum atomic E-state index is 13.4. The van der Waals surface area contributed by atoms with E-state index in [0.717, 1.165) is 25.2 Å². The molecule has 0 spiro atoms. The number of likely N-dealkylation sites (tertiary alicyclic amines) is 1. The van der Waals surface area contributed by atoms with Crippen LogP contribution in [0.1, 0.15) is 43.0 Å². The molecular weight excluding hydrogens is 526 g/mol. The Morgan fingerprint density at radius 3 is 2.41 bits per heavy atom. The summed E-state index contributed by atoms with van der Waals surface area (Å²) in [5.74, 6) is -0.747. The third kappa shape index (κ3) is 7.45. The smallest absolute Gasteiger partial charge is 0.295 e. The number of amides is 2. The predicted molar refractivity (Wildman–Crippen MR) is 154 cm³/mol. The molecule has 0 saturated carbocycles. The van der Waals surface area contributed by atoms with Crippen LogP contribution in [0.4, 0.5) is 0 Å². The molecular formula is C31H39N3O7. The van der Waals surface area contributed by atoms with Gasteiger partial charge in [-0.3, -0.25) is 19.3 Å². The third-order valence-corrected chi connectivity index (χ3v) is 7.11. The number of aliphatic hydroxyl groups is 1. The van der Waals surface area contributed by atoms with E-state index < -0.39 is 23.6 Å². The lowest BCUT2D eigenvalue weighted by Gasteiger charge is -2.29. The van der Waals surface area contributed by atoms with Gasteiger partial charge in [-0.2, -0.15) is 0 Å². The number of hydrogen-bond donors (Lipinski definition) is 2. The minimum atomic E-state index is -0.790. The third-order valence-electron chi connectivity index (χ3n) is 7.11. The minimum absolute atomic E-state index is 0.0300. The summed E-state index contributed by atoms with van der Waals surface area (Å²) in [5, 5.41) is 11.5. The molecule has 0 aromatic heterocycles. The molecule has 0 aliphatic carbocycles. The van der Waals surface area contributed by atoms with Crippen molar-refractivity contribution in [3.8, 4) is 11.5 Å². The first kappa shape index (κ1) is 30.1. The van der Waals surface area contributed by atoms with E-state index >= 15 is 0 Å². The number of benzene rings is 2. The molecule has 0 bridgehead atoms. The van der Waals surface area contributed by atoms with Crippen LogP contribution in [0.3, 0.4) is 0 Å². The van der Waals surface area contributed by atoms with E-state index in [9.17, 15) is 19.5 Å². The SMILES string of the molecule is Cc1cc(/C(O)=C2\C(=O)C(=O)N(CCCN3CCOCC3)C2c2ccc(OCC(N)=O)cc2)ccc1OCC(C)C. The van der Waals surface area contributed by atoms with Crippen LogP contribution in [0.2, 0.25) is 0 Å². The highest BCUT2D eigenvalue weighted by molar-refractivity contribution is 6.46. The average molecular weight is 566 g/mol. The first-order valence-corrected chi connectivity index (χ1v) is 14.0. The fraction of sp³-hybridized carbons (Fsp3) is 0.452. The molecule has 2 saturated heterocycles. The molecule has 4 rings (SSSR count). The van der Waals surface area contributed by atoms with Gasteiger partial charge in [0.25, 0.3) is 17.6 Å². The van der Waals surface area contributed by atoms with E-state index in [-0.39, 0.29) is 17.9 Å². The molecule has 2 heterocycles. The van der Waals surface area contributed by atoms with Gasteiger partial charge in [0.1, 0.15) is 17.3 Å². The highest BCUT2D eigenvalue weighted by Crippen LogP contribution is 2.40. The highest BCUT2D eigenvalue weighted by atomic mass is 16.5. The Morgan fingerprint density at radius 1 is 1.07 bits per heavy atom. The minimum Gasteiger partial charge on any atom is -0.507 e. The zero-order chi connectivity index (χ0) is 29.5. The standard InChI is InChI=1S/C31H39N3O7/c1-20(2)18-41-25-10-7-23(17-21(25)3)29(36)27-28(22-5-8-24(9-6-22)40-19-26(32)35)34(31(38)30(27)37)12-4-11-33-13-15-39-16-14-33/h5-10,17,20,28,36H,4,11-16,18-19H2,1-3H3,(H2,32,35)/b29-27+. The number of ether oxygens (including phenoxy) is 3. The van der Waals surface area contributed by atoms with Crippen LogP contribution in [0.5, 0.6) is 11.5 Å². The largest absolute Gasteiger partial charge is 0.507 e. The quantitative estimate of drug-likeness (QED) is 0.228. The normalized spacial score (nSPS) is 19.1. The molecule has 2 fully saturated rings. The molecule has 2 amide bonds. The Balaban J connectivity index is 1.65. The molecule has 2 aromatic carbocycles. The molecule has 2 aromatic rings. The van der Waals surface area contributed by atoms with E-state index in [4.69, 9.17) is 19.9 Å². The van der Waals surface area contributed by atoms with Gasteiger partial charge in [-0.25, -0.2) is 0 Å². The zero-order valence-electron chi connectivity index (χ0n) is 23.9. The Labute approximate surface area is 240 Å². The molecule has 1 unspecified atom stereocenters. The van der Waals surface area contributed by atoms with Gasteiger partial charge in [-0.1, -0.05) is 26.0 Å². The zero-order valence-corrected chi connectivity index (χ0v) is 23.9. The number of nitrogens with two attached hydrogens (primary N) is 1. The first-order chi connectivity index (χ1) is 19.7. The highest BCUT2D eigenvalue weighted by Gasteiger charge is 2.45. The van der Waals surface area contributed by atoms with Crippen LogP contribution >= 0.6 is 0 Å². The van der Waals surface area contributed by atoms with Crippen LogP contribution < -0.4 is 15.2 Å². The molecule has 3 N–H and O–H groups in total. The fourth-order valence-corrected chi connectivity index (χ4v) is 5.02. The van der Waals surface area contributed by atoms with Gasteiger partial charge in [-0.05, 0) is 60.7 Å². The fourth-order valence-electron chi connectivity index (χ4n) is 5.02. The van der Waals surface area contributed by atoms with E-state index in [1.807, 2.05) is 6.92 Å². The summed E-state index contributed by atoms with van der Waals surface area (Å²) in [6.45, 7) is 10.4. The van der Waals surface area contributed by atoms with Crippen molar-refractivity contribution < 1.29 is 33.7 Å². The van der Waals surface area contributed by atoms with Crippen LogP contribution in [0, 0.1) is 12.8 Å². The van der Waals surface area contributed by atoms with Crippen LogP contribution in [-0.4, -0.2) is 85.1 Å². The summed E-state index contributed by atoms with van der Waals surface area (Å²) in [7, 11) is 0. The summed E-state index contributed by atoms with van der Waals surface area (Å²) in [4.78, 5) is 41.7. The number of primary amides is 1. The predicted octanol–water partition coefficient (Wildman–Crippen LogP) is 3.04. The molecule has 10 nitrogen and oxygen atoms in total. The van der Waals surface area contributed by atoms with E-state index in [1.54, 1.807) is 42.5 Å². The first-order valence-electron chi connectivity index (χ1n) is 14.0. The number of Topliss-reactive ketones (excluding diaryl/α,β-unsaturated/α-hetero) is 1. The summed E-state index contributed by atoms with van der Waals surface area (Å²) in [6.07, 6.45) is 0.657. The van der Waals surface area contributed by atoms with Crippen molar-refractivity contribution in [1.29, 1.82) is 0 Å². The van der Waals surface area contributed by atoms with Crippen molar-refractivity contribution in [3.63, 3.8) is 0 Å². The number of nitrogens with zero attached hydrogens (tertiary/aromatic N) is 2. The van der Waals surface area contributed by atoms with Gasteiger partial charge >= 0.3 is 0 Å². The van der Waals surface area contributed by atoms with Gasteiger partial charge in [-0.15, -0.1) is 0 Å². The number of aryl methyl sites for hydroxylation is 1. The number of ketones is 1. The Bertz CT molecular complexity index is 1280. The lowest BCUT2D eigenvalue weighted by molar-refractivity contribution is -0.140. The van der Waals surface area contributed by atoms with Crippen LogP contribution in [0.15, 0.2) is 48.0 Å². The van der Waals surface area contributed by atoms with Crippen molar-refractivity contribution in [2.24, 2.45) is 11.7 Å². The molecule has 10 heteroatoms. The van der Waals surface area contributed by atoms with E-state index in [1.165, 1.54) is 4.90 Å². The van der Waals surface area contributed by atoms with Crippen LogP contribution in [0.25, 0.3) is 5.76 Å². The topological polar surface area (TPSA) is 132 Å². The van der Waals surface area contributed by atoms with Gasteiger partial charge in [0, 0.05) is 31.7 Å². The summed E-state index contributed by atoms with van der Waals surface area (Å²) in [6, 6.07) is 11.2. The number of morpholine rings is 1. The van der Waals surface area contributed by atoms with Crippen molar-refractivity contribution in [2.45, 2.75) is 33.2 Å². The Hall–Kier alpha value is -3.89. The Morgan fingerprint density at radius 2 is 1.78 bits per heavy atom. The molecule has 2 aliphatic rings. The van der Waals surface area contributed by atoms with Gasteiger partial charge < -0.3 is 30.0 Å². The monoisotopic (exact) mass is 565 g/mol. The molecule has 41 heavy (non-hydrogen) atoms. The number of carbonyl (C=O) groups excluding carboxylic acids is 3. The van der Waals surface area contributed by atoms with Gasteiger partial charge in [0.2, 0.25) is 0 Å². The summed E-state index contributed by atoms with van der Waals surface area (Å²) in [5.41, 5.74) is 7.08. The summed E-state index contributed by atoms with van der Waals surface area (Å²) < 4.78 is 16.7. The van der Waals surface area contributed by atoms with Gasteiger partial charge in [0.05, 0.1) is 31.4 Å². The van der Waals surface area contributed by atoms with Crippen molar-refractivity contribution in [2.75, 3.05) is 52.6 Å². The van der Waals surface area contributed by atoms with Crippen molar-refractivity contribution >= 4 is 23.4 Å².